The van der Waals surface area contributed by atoms with Crippen molar-refractivity contribution in [2.45, 2.75) is 6.04 Å². The fourth-order valence-corrected chi connectivity index (χ4v) is 2.34. The van der Waals surface area contributed by atoms with Gasteiger partial charge in [-0.05, 0) is 11.8 Å². The number of thioether (sulfide) groups is 1. The van der Waals surface area contributed by atoms with E-state index in [4.69, 9.17) is 5.73 Å². The lowest BCUT2D eigenvalue weighted by molar-refractivity contribution is 0.572. The van der Waals surface area contributed by atoms with Gasteiger partial charge in [0.25, 0.3) is 0 Å². The van der Waals surface area contributed by atoms with Crippen LogP contribution in [0.5, 0.6) is 0 Å². The first-order chi connectivity index (χ1) is 7.81. The van der Waals surface area contributed by atoms with Crippen molar-refractivity contribution >= 4 is 17.4 Å². The van der Waals surface area contributed by atoms with Crippen molar-refractivity contribution in [3.63, 3.8) is 0 Å². The Hall–Kier alpha value is -1.42. The van der Waals surface area contributed by atoms with E-state index in [2.05, 4.69) is 35.6 Å². The molecule has 0 fully saturated rings. The number of nitrogen functional groups attached to an aromatic ring is 1. The standard InChI is InChI=1S/C12H15N3S/c1-16-9-12(10-5-3-2-4-6-10)15-8-11(13)7-14-15/h2-8,12H,9,13H2,1H3. The molecule has 2 N–H and O–H groups in total. The third-order valence-electron chi connectivity index (χ3n) is 2.45. The summed E-state index contributed by atoms with van der Waals surface area (Å²) in [5.74, 6) is 0.991. The van der Waals surface area contributed by atoms with Crippen molar-refractivity contribution in [2.75, 3.05) is 17.7 Å². The molecule has 0 radical (unpaired) electrons. The molecule has 4 heteroatoms. The van der Waals surface area contributed by atoms with Crippen molar-refractivity contribution in [2.24, 2.45) is 0 Å². The Morgan fingerprint density at radius 1 is 1.38 bits per heavy atom. The van der Waals surface area contributed by atoms with Gasteiger partial charge in [0.2, 0.25) is 0 Å². The van der Waals surface area contributed by atoms with E-state index in [1.807, 2.05) is 28.7 Å². The molecule has 1 aromatic heterocycles. The second-order valence-electron chi connectivity index (χ2n) is 3.64. The van der Waals surface area contributed by atoms with Crippen molar-refractivity contribution in [3.05, 3.63) is 48.3 Å². The lowest BCUT2D eigenvalue weighted by Gasteiger charge is -2.16. The predicted octanol–water partition coefficient (Wildman–Crippen LogP) is 2.42. The molecule has 0 aliphatic rings. The lowest BCUT2D eigenvalue weighted by atomic mass is 10.1. The molecule has 0 bridgehead atoms. The van der Waals surface area contributed by atoms with Crippen LogP contribution in [0.3, 0.4) is 0 Å². The third-order valence-corrected chi connectivity index (χ3v) is 3.10. The molecule has 2 aromatic rings. The molecule has 0 aliphatic carbocycles. The van der Waals surface area contributed by atoms with Crippen LogP contribution in [0.2, 0.25) is 0 Å². The fourth-order valence-electron chi connectivity index (χ4n) is 1.68. The Labute approximate surface area is 99.7 Å². The van der Waals surface area contributed by atoms with Crippen LogP contribution in [0, 0.1) is 0 Å². The zero-order valence-electron chi connectivity index (χ0n) is 9.21. The maximum atomic E-state index is 5.70. The first kappa shape index (κ1) is 11.1. The highest BCUT2D eigenvalue weighted by Gasteiger charge is 2.13. The van der Waals surface area contributed by atoms with Crippen LogP contribution in [-0.2, 0) is 0 Å². The largest absolute Gasteiger partial charge is 0.396 e. The molecule has 0 saturated carbocycles. The van der Waals surface area contributed by atoms with Gasteiger partial charge in [0.15, 0.2) is 0 Å². The quantitative estimate of drug-likeness (QED) is 0.882. The van der Waals surface area contributed by atoms with E-state index in [1.54, 1.807) is 6.20 Å². The van der Waals surface area contributed by atoms with Gasteiger partial charge in [-0.25, -0.2) is 0 Å². The smallest absolute Gasteiger partial charge is 0.0859 e. The van der Waals surface area contributed by atoms with Crippen LogP contribution in [-0.4, -0.2) is 21.8 Å². The molecule has 0 amide bonds. The van der Waals surface area contributed by atoms with E-state index in [-0.39, 0.29) is 6.04 Å². The molecule has 0 saturated heterocycles. The molecular weight excluding hydrogens is 218 g/mol. The summed E-state index contributed by atoms with van der Waals surface area (Å²) in [6, 6.07) is 10.6. The zero-order chi connectivity index (χ0) is 11.4. The maximum Gasteiger partial charge on any atom is 0.0859 e. The number of nitrogens with zero attached hydrogens (tertiary/aromatic N) is 2. The molecule has 2 rings (SSSR count). The average Bonchev–Trinajstić information content (AvgIpc) is 2.74. The Balaban J connectivity index is 2.31. The van der Waals surface area contributed by atoms with Gasteiger partial charge in [0, 0.05) is 11.9 Å². The highest BCUT2D eigenvalue weighted by molar-refractivity contribution is 7.98. The predicted molar refractivity (Wildman–Crippen MR) is 69.6 cm³/mol. The first-order valence-corrected chi connectivity index (χ1v) is 6.54. The summed E-state index contributed by atoms with van der Waals surface area (Å²) in [5.41, 5.74) is 7.67. The van der Waals surface area contributed by atoms with Crippen LogP contribution >= 0.6 is 11.8 Å². The normalized spacial score (nSPS) is 12.6. The van der Waals surface area contributed by atoms with Gasteiger partial charge >= 0.3 is 0 Å². The number of nitrogens with two attached hydrogens (primary N) is 1. The number of anilines is 1. The van der Waals surface area contributed by atoms with E-state index in [9.17, 15) is 0 Å². The third kappa shape index (κ3) is 2.39. The van der Waals surface area contributed by atoms with Crippen LogP contribution in [0.15, 0.2) is 42.7 Å². The van der Waals surface area contributed by atoms with Gasteiger partial charge in [-0.15, -0.1) is 0 Å². The minimum atomic E-state index is 0.258. The number of benzene rings is 1. The zero-order valence-corrected chi connectivity index (χ0v) is 10.0. The number of rotatable bonds is 4. The minimum Gasteiger partial charge on any atom is -0.396 e. The fraction of sp³-hybridized carbons (Fsp3) is 0.250. The molecular formula is C12H15N3S. The molecule has 1 aromatic carbocycles. The SMILES string of the molecule is CSCC(c1ccccc1)n1cc(N)cn1. The first-order valence-electron chi connectivity index (χ1n) is 5.15. The van der Waals surface area contributed by atoms with Gasteiger partial charge in [-0.1, -0.05) is 30.3 Å². The summed E-state index contributed by atoms with van der Waals surface area (Å²) < 4.78 is 1.93. The Kier molecular flexibility index (Phi) is 3.51. The van der Waals surface area contributed by atoms with Gasteiger partial charge in [0.1, 0.15) is 0 Å². The second-order valence-corrected chi connectivity index (χ2v) is 4.55. The topological polar surface area (TPSA) is 43.8 Å². The Morgan fingerprint density at radius 3 is 2.69 bits per heavy atom. The number of aromatic nitrogens is 2. The summed E-state index contributed by atoms with van der Waals surface area (Å²) in [7, 11) is 0. The van der Waals surface area contributed by atoms with E-state index in [0.717, 1.165) is 5.75 Å². The maximum absolute atomic E-state index is 5.70. The number of hydrogen-bond donors (Lipinski definition) is 1. The van der Waals surface area contributed by atoms with Gasteiger partial charge < -0.3 is 5.73 Å². The van der Waals surface area contributed by atoms with Crippen LogP contribution in [0.25, 0.3) is 0 Å². The summed E-state index contributed by atoms with van der Waals surface area (Å²) in [6.45, 7) is 0. The monoisotopic (exact) mass is 233 g/mol. The number of hydrogen-bond acceptors (Lipinski definition) is 3. The van der Waals surface area contributed by atoms with Gasteiger partial charge in [0.05, 0.1) is 17.9 Å². The molecule has 1 unspecified atom stereocenters. The lowest BCUT2D eigenvalue weighted by Crippen LogP contribution is -2.13. The molecule has 0 spiro atoms. The molecule has 16 heavy (non-hydrogen) atoms. The minimum absolute atomic E-state index is 0.258. The average molecular weight is 233 g/mol. The van der Waals surface area contributed by atoms with E-state index in [1.165, 1.54) is 5.56 Å². The molecule has 3 nitrogen and oxygen atoms in total. The summed E-state index contributed by atoms with van der Waals surface area (Å²) in [4.78, 5) is 0. The van der Waals surface area contributed by atoms with Gasteiger partial charge in [-0.2, -0.15) is 16.9 Å². The van der Waals surface area contributed by atoms with Crippen molar-refractivity contribution in [3.8, 4) is 0 Å². The van der Waals surface area contributed by atoms with E-state index in [0.29, 0.717) is 5.69 Å². The van der Waals surface area contributed by atoms with Crippen LogP contribution in [0.4, 0.5) is 5.69 Å². The Bertz CT molecular complexity index is 439. The Morgan fingerprint density at radius 2 is 2.12 bits per heavy atom. The molecule has 0 aliphatic heterocycles. The van der Waals surface area contributed by atoms with Crippen molar-refractivity contribution < 1.29 is 0 Å². The van der Waals surface area contributed by atoms with Crippen LogP contribution < -0.4 is 5.73 Å². The van der Waals surface area contributed by atoms with E-state index < -0.39 is 0 Å². The molecule has 1 heterocycles. The summed E-state index contributed by atoms with van der Waals surface area (Å²) >= 11 is 1.81. The van der Waals surface area contributed by atoms with Gasteiger partial charge in [-0.3, -0.25) is 4.68 Å². The summed E-state index contributed by atoms with van der Waals surface area (Å²) in [5, 5.41) is 4.29. The van der Waals surface area contributed by atoms with Crippen molar-refractivity contribution in [1.29, 1.82) is 0 Å². The van der Waals surface area contributed by atoms with Crippen molar-refractivity contribution in [1.82, 2.24) is 9.78 Å². The molecule has 1 atom stereocenters. The molecule has 84 valence electrons. The highest BCUT2D eigenvalue weighted by atomic mass is 32.2. The van der Waals surface area contributed by atoms with Crippen LogP contribution in [0.1, 0.15) is 11.6 Å². The highest BCUT2D eigenvalue weighted by Crippen LogP contribution is 2.21. The summed E-state index contributed by atoms with van der Waals surface area (Å²) in [6.07, 6.45) is 5.67. The van der Waals surface area contributed by atoms with E-state index >= 15 is 0 Å². The second kappa shape index (κ2) is 5.07.